The first-order chi connectivity index (χ1) is 10.7. The van der Waals surface area contributed by atoms with E-state index < -0.39 is 46.3 Å². The van der Waals surface area contributed by atoms with Gasteiger partial charge in [0.25, 0.3) is 0 Å². The lowest BCUT2D eigenvalue weighted by Crippen LogP contribution is -2.12. The highest BCUT2D eigenvalue weighted by Gasteiger charge is 2.16. The minimum atomic E-state index is -4.86. The summed E-state index contributed by atoms with van der Waals surface area (Å²) < 4.78 is 39.7. The molecule has 10 heteroatoms. The molecule has 0 saturated heterocycles. The van der Waals surface area contributed by atoms with E-state index in [0.717, 1.165) is 6.07 Å². The molecule has 0 heterocycles. The van der Waals surface area contributed by atoms with Gasteiger partial charge in [-0.05, 0) is 17.5 Å². The van der Waals surface area contributed by atoms with E-state index >= 15 is 0 Å². The van der Waals surface area contributed by atoms with Crippen molar-refractivity contribution < 1.29 is 37.2 Å². The van der Waals surface area contributed by atoms with Crippen LogP contribution >= 0.6 is 0 Å². The van der Waals surface area contributed by atoms with Gasteiger partial charge in [0, 0.05) is 0 Å². The lowest BCUT2D eigenvalue weighted by molar-refractivity contribution is 0.195. The number of phenols is 2. The molecule has 23 heavy (non-hydrogen) atoms. The SMILES string of the molecule is O=c1c(O)cccc2cc(OCCOS(=O)(=O)[O-])c(O)c(O)c12. The van der Waals surface area contributed by atoms with Crippen LogP contribution in [0.2, 0.25) is 0 Å². The number of hydrogen-bond acceptors (Lipinski definition) is 9. The van der Waals surface area contributed by atoms with E-state index in [2.05, 4.69) is 4.18 Å². The third-order valence-electron chi connectivity index (χ3n) is 2.83. The van der Waals surface area contributed by atoms with Gasteiger partial charge in [-0.3, -0.25) is 8.98 Å². The average Bonchev–Trinajstić information content (AvgIpc) is 2.59. The fraction of sp³-hybridized carbons (Fsp3) is 0.154. The highest BCUT2D eigenvalue weighted by Crippen LogP contribution is 2.40. The Bertz CT molecular complexity index is 905. The van der Waals surface area contributed by atoms with Gasteiger partial charge in [0.15, 0.2) is 17.2 Å². The van der Waals surface area contributed by atoms with Gasteiger partial charge in [0.05, 0.1) is 12.0 Å². The maximum atomic E-state index is 11.9. The van der Waals surface area contributed by atoms with E-state index in [1.165, 1.54) is 18.2 Å². The Kier molecular flexibility index (Phi) is 4.59. The van der Waals surface area contributed by atoms with Gasteiger partial charge in [0.2, 0.25) is 21.6 Å². The molecule has 0 bridgehead atoms. The van der Waals surface area contributed by atoms with Crippen LogP contribution < -0.4 is 10.2 Å². The first-order valence-electron chi connectivity index (χ1n) is 6.14. The molecule has 2 rings (SSSR count). The quantitative estimate of drug-likeness (QED) is 0.298. The van der Waals surface area contributed by atoms with Crippen molar-refractivity contribution in [3.63, 3.8) is 0 Å². The van der Waals surface area contributed by atoms with Crippen molar-refractivity contribution in [2.45, 2.75) is 0 Å². The van der Waals surface area contributed by atoms with Crippen LogP contribution in [0.15, 0.2) is 29.1 Å². The van der Waals surface area contributed by atoms with Gasteiger partial charge in [-0.25, -0.2) is 8.42 Å². The summed E-state index contributed by atoms with van der Waals surface area (Å²) in [4.78, 5) is 11.9. The Hall–Kier alpha value is -2.56. The van der Waals surface area contributed by atoms with Crippen molar-refractivity contribution in [2.75, 3.05) is 13.2 Å². The van der Waals surface area contributed by atoms with Crippen LogP contribution in [0.1, 0.15) is 0 Å². The highest BCUT2D eigenvalue weighted by atomic mass is 32.3. The van der Waals surface area contributed by atoms with Crippen molar-refractivity contribution in [1.29, 1.82) is 0 Å². The number of ether oxygens (including phenoxy) is 1. The normalized spacial score (nSPS) is 11.5. The number of hydrogen-bond donors (Lipinski definition) is 3. The van der Waals surface area contributed by atoms with Crippen molar-refractivity contribution in [1.82, 2.24) is 0 Å². The first-order valence-corrected chi connectivity index (χ1v) is 7.48. The maximum absolute atomic E-state index is 11.9. The molecular formula is C13H11O9S-. The van der Waals surface area contributed by atoms with Crippen LogP contribution in [0, 0.1) is 0 Å². The lowest BCUT2D eigenvalue weighted by Gasteiger charge is -2.11. The maximum Gasteiger partial charge on any atom is 0.231 e. The Morgan fingerprint density at radius 1 is 1.09 bits per heavy atom. The lowest BCUT2D eigenvalue weighted by atomic mass is 10.1. The van der Waals surface area contributed by atoms with E-state index in [4.69, 9.17) is 4.74 Å². The fourth-order valence-electron chi connectivity index (χ4n) is 1.87. The molecule has 9 nitrogen and oxygen atoms in total. The molecule has 0 aromatic heterocycles. The van der Waals surface area contributed by atoms with Crippen molar-refractivity contribution in [3.05, 3.63) is 34.5 Å². The molecule has 0 unspecified atom stereocenters. The molecule has 2 aromatic rings. The van der Waals surface area contributed by atoms with Crippen molar-refractivity contribution >= 4 is 21.2 Å². The summed E-state index contributed by atoms with van der Waals surface area (Å²) in [7, 11) is -4.86. The Morgan fingerprint density at radius 3 is 2.43 bits per heavy atom. The van der Waals surface area contributed by atoms with Gasteiger partial charge in [-0.2, -0.15) is 0 Å². The fourth-order valence-corrected chi connectivity index (χ4v) is 2.14. The predicted molar refractivity (Wildman–Crippen MR) is 76.4 cm³/mol. The average molecular weight is 343 g/mol. The van der Waals surface area contributed by atoms with E-state index in [1.54, 1.807) is 0 Å². The molecule has 0 radical (unpaired) electrons. The van der Waals surface area contributed by atoms with Crippen molar-refractivity contribution in [3.8, 4) is 23.0 Å². The second-order valence-electron chi connectivity index (χ2n) is 4.35. The van der Waals surface area contributed by atoms with Crippen LogP contribution in [0.5, 0.6) is 23.0 Å². The smallest absolute Gasteiger partial charge is 0.231 e. The molecule has 0 atom stereocenters. The second kappa shape index (κ2) is 6.28. The van der Waals surface area contributed by atoms with E-state index in [1.807, 2.05) is 0 Å². The summed E-state index contributed by atoms with van der Waals surface area (Å²) >= 11 is 0. The molecule has 0 amide bonds. The van der Waals surface area contributed by atoms with Crippen LogP contribution in [0.3, 0.4) is 0 Å². The van der Waals surface area contributed by atoms with E-state index in [0.29, 0.717) is 0 Å². The number of benzene rings is 1. The zero-order valence-electron chi connectivity index (χ0n) is 11.4. The summed E-state index contributed by atoms with van der Waals surface area (Å²) in [5.74, 6) is -2.44. The summed E-state index contributed by atoms with van der Waals surface area (Å²) in [5.41, 5.74) is -0.884. The van der Waals surface area contributed by atoms with Gasteiger partial charge in [0.1, 0.15) is 6.61 Å². The van der Waals surface area contributed by atoms with Crippen LogP contribution in [-0.2, 0) is 14.6 Å². The van der Waals surface area contributed by atoms with Crippen LogP contribution in [0.25, 0.3) is 10.8 Å². The summed E-state index contributed by atoms with van der Waals surface area (Å²) in [5, 5.41) is 29.1. The molecule has 124 valence electrons. The number of fused-ring (bicyclic) bond motifs is 1. The highest BCUT2D eigenvalue weighted by molar-refractivity contribution is 7.80. The predicted octanol–water partition coefficient (Wildman–Crippen LogP) is 0.172. The third-order valence-corrected chi connectivity index (χ3v) is 3.28. The number of phenolic OH excluding ortho intramolecular Hbond substituents is 2. The van der Waals surface area contributed by atoms with Gasteiger partial charge >= 0.3 is 0 Å². The number of rotatable bonds is 5. The molecule has 0 spiro atoms. The van der Waals surface area contributed by atoms with E-state index in [-0.39, 0.29) is 16.5 Å². The standard InChI is InChI=1S/C13H12O9S/c14-8-3-1-2-7-6-9(21-4-5-22-23(18,19)20)12(16)13(17)10(7)11(8)15/h1-3,6,16-17H,4-5H2,(H,14,15)(H,18,19,20)/p-1. The second-order valence-corrected chi connectivity index (χ2v) is 5.41. The molecule has 0 saturated carbocycles. The molecular weight excluding hydrogens is 332 g/mol. The number of aromatic hydroxyl groups is 3. The van der Waals surface area contributed by atoms with Gasteiger partial charge in [-0.1, -0.05) is 12.1 Å². The van der Waals surface area contributed by atoms with Crippen LogP contribution in [-0.4, -0.2) is 41.5 Å². The zero-order valence-corrected chi connectivity index (χ0v) is 12.2. The monoisotopic (exact) mass is 343 g/mol. The Morgan fingerprint density at radius 2 is 1.78 bits per heavy atom. The zero-order chi connectivity index (χ0) is 17.2. The molecule has 0 aliphatic rings. The third kappa shape index (κ3) is 3.80. The molecule has 2 aromatic carbocycles. The van der Waals surface area contributed by atoms with Gasteiger partial charge < -0.3 is 24.6 Å². The largest absolute Gasteiger partial charge is 0.726 e. The topological polar surface area (TPSA) is 153 Å². The van der Waals surface area contributed by atoms with Crippen LogP contribution in [0.4, 0.5) is 0 Å². The van der Waals surface area contributed by atoms with Crippen molar-refractivity contribution in [2.24, 2.45) is 0 Å². The minimum absolute atomic E-state index is 0.165. The molecule has 0 aliphatic heterocycles. The van der Waals surface area contributed by atoms with E-state index in [9.17, 15) is 33.1 Å². The summed E-state index contributed by atoms with van der Waals surface area (Å²) in [6.45, 7) is -1.01. The first kappa shape index (κ1) is 16.8. The summed E-state index contributed by atoms with van der Waals surface area (Å²) in [6.07, 6.45) is 0. The Balaban J connectivity index is 2.39. The minimum Gasteiger partial charge on any atom is -0.726 e. The molecule has 0 aliphatic carbocycles. The Labute approximate surface area is 129 Å². The summed E-state index contributed by atoms with van der Waals surface area (Å²) in [6, 6.07) is 5.07. The molecule has 0 fully saturated rings. The van der Waals surface area contributed by atoms with Gasteiger partial charge in [-0.15, -0.1) is 0 Å². The molecule has 3 N–H and O–H groups in total.